The summed E-state index contributed by atoms with van der Waals surface area (Å²) in [4.78, 5) is 26.5. The van der Waals surface area contributed by atoms with E-state index in [-0.39, 0.29) is 12.5 Å². The number of aryl methyl sites for hydroxylation is 1. The van der Waals surface area contributed by atoms with Crippen molar-refractivity contribution in [3.63, 3.8) is 0 Å². The number of esters is 1. The Balaban J connectivity index is 1.52. The molecule has 0 saturated carbocycles. The lowest BCUT2D eigenvalue weighted by molar-refractivity contribution is -0.148. The lowest BCUT2D eigenvalue weighted by Gasteiger charge is -2.22. The second-order valence-corrected chi connectivity index (χ2v) is 10.1. The van der Waals surface area contributed by atoms with Gasteiger partial charge in [-0.05, 0) is 36.5 Å². The Kier molecular flexibility index (Phi) is 9.80. The molecule has 1 aliphatic rings. The molecule has 0 aliphatic carbocycles. The summed E-state index contributed by atoms with van der Waals surface area (Å²) < 4.78 is 33.1. The van der Waals surface area contributed by atoms with Crippen LogP contribution in [-0.2, 0) is 22.4 Å². The van der Waals surface area contributed by atoms with Crippen molar-refractivity contribution < 1.29 is 28.2 Å². The van der Waals surface area contributed by atoms with Crippen LogP contribution in [0.15, 0.2) is 54.6 Å². The van der Waals surface area contributed by atoms with Crippen LogP contribution in [-0.4, -0.2) is 53.6 Å². The first-order valence-corrected chi connectivity index (χ1v) is 12.7. The maximum atomic E-state index is 14.2. The third-order valence-corrected chi connectivity index (χ3v) is 7.23. The molecule has 3 rings (SSSR count). The number of rotatable bonds is 10. The third-order valence-electron chi connectivity index (χ3n) is 6.11. The molecule has 8 heteroatoms. The van der Waals surface area contributed by atoms with Crippen molar-refractivity contribution in [1.82, 2.24) is 4.90 Å². The van der Waals surface area contributed by atoms with Gasteiger partial charge in [-0.25, -0.2) is 4.79 Å². The van der Waals surface area contributed by atoms with Gasteiger partial charge >= 0.3 is 11.9 Å². The fraction of sp³-hybridized carbons (Fsp3) is 0.429. The Hall–Kier alpha value is -3.02. The standard InChI is InChI=1S/C28H31F2NO4S/c1-20(9-6-7-12-21-10-4-3-5-11-21)24(32)16-14-22-19-28(29,30)27(34)31(22)18-8-13-23-15-17-25(36-23)26(33)35-2/h3-5,10-11,14-17,20,22,24,32H,8-9,12-13,18-19H2,1-2H3/t20-,22-,24-/m0/s1. The lowest BCUT2D eigenvalue weighted by atomic mass is 9.99. The molecule has 1 N–H and O–H groups in total. The molecule has 0 bridgehead atoms. The van der Waals surface area contributed by atoms with E-state index in [1.54, 1.807) is 12.1 Å². The van der Waals surface area contributed by atoms with E-state index in [1.165, 1.54) is 35.5 Å². The van der Waals surface area contributed by atoms with Crippen LogP contribution in [0.3, 0.4) is 0 Å². The summed E-state index contributed by atoms with van der Waals surface area (Å²) in [6.45, 7) is 2.01. The Labute approximate surface area is 214 Å². The number of nitrogens with zero attached hydrogens (tertiary/aromatic N) is 1. The van der Waals surface area contributed by atoms with Crippen molar-refractivity contribution in [2.24, 2.45) is 5.92 Å². The molecule has 1 aliphatic heterocycles. The van der Waals surface area contributed by atoms with E-state index < -0.39 is 36.4 Å². The Morgan fingerprint density at radius 3 is 2.75 bits per heavy atom. The topological polar surface area (TPSA) is 66.8 Å². The highest BCUT2D eigenvalue weighted by Crippen LogP contribution is 2.34. The predicted octanol–water partition coefficient (Wildman–Crippen LogP) is 4.89. The first-order chi connectivity index (χ1) is 17.2. The highest BCUT2D eigenvalue weighted by Gasteiger charge is 2.52. The summed E-state index contributed by atoms with van der Waals surface area (Å²) in [5.41, 5.74) is 1.12. The van der Waals surface area contributed by atoms with Crippen LogP contribution < -0.4 is 0 Å². The van der Waals surface area contributed by atoms with Crippen LogP contribution in [0, 0.1) is 17.8 Å². The van der Waals surface area contributed by atoms with Crippen molar-refractivity contribution in [3.05, 3.63) is 69.9 Å². The second-order valence-electron chi connectivity index (χ2n) is 8.91. The zero-order valence-electron chi connectivity index (χ0n) is 20.5. The Morgan fingerprint density at radius 1 is 1.28 bits per heavy atom. The summed E-state index contributed by atoms with van der Waals surface area (Å²) in [5, 5.41) is 10.5. The monoisotopic (exact) mass is 515 g/mol. The zero-order valence-corrected chi connectivity index (χ0v) is 21.3. The van der Waals surface area contributed by atoms with Crippen molar-refractivity contribution in [2.45, 2.75) is 57.1 Å². The predicted molar refractivity (Wildman–Crippen MR) is 136 cm³/mol. The normalized spacial score (nSPS) is 18.6. The number of amides is 1. The number of carbonyl (C=O) groups is 2. The van der Waals surface area contributed by atoms with E-state index in [4.69, 9.17) is 4.74 Å². The summed E-state index contributed by atoms with van der Waals surface area (Å²) in [6.07, 6.45) is 3.67. The molecule has 2 heterocycles. The van der Waals surface area contributed by atoms with Crippen molar-refractivity contribution >= 4 is 23.2 Å². The summed E-state index contributed by atoms with van der Waals surface area (Å²) in [6, 6.07) is 12.5. The van der Waals surface area contributed by atoms with Crippen LogP contribution in [0.25, 0.3) is 0 Å². The minimum atomic E-state index is -3.42. The fourth-order valence-electron chi connectivity index (χ4n) is 3.95. The number of thiophene rings is 1. The number of aliphatic hydroxyl groups is 1. The van der Waals surface area contributed by atoms with E-state index in [1.807, 2.05) is 37.3 Å². The molecular formula is C28H31F2NO4S. The molecule has 192 valence electrons. The molecule has 0 radical (unpaired) electrons. The number of methoxy groups -OCH3 is 1. The van der Waals surface area contributed by atoms with Gasteiger partial charge in [-0.15, -0.1) is 17.3 Å². The highest BCUT2D eigenvalue weighted by molar-refractivity contribution is 7.13. The molecular weight excluding hydrogens is 484 g/mol. The quantitative estimate of drug-likeness (QED) is 0.278. The first kappa shape index (κ1) is 27.6. The summed E-state index contributed by atoms with van der Waals surface area (Å²) in [7, 11) is 1.31. The van der Waals surface area contributed by atoms with E-state index in [9.17, 15) is 23.5 Å². The van der Waals surface area contributed by atoms with Gasteiger partial charge in [-0.1, -0.05) is 55.3 Å². The van der Waals surface area contributed by atoms with Crippen molar-refractivity contribution in [3.8, 4) is 11.8 Å². The number of alkyl halides is 2. The molecule has 2 aromatic rings. The van der Waals surface area contributed by atoms with E-state index in [2.05, 4.69) is 11.8 Å². The smallest absolute Gasteiger partial charge is 0.348 e. The number of benzene rings is 1. The summed E-state index contributed by atoms with van der Waals surface area (Å²) in [5.74, 6) is 0.958. The zero-order chi connectivity index (χ0) is 26.1. The van der Waals surface area contributed by atoms with Gasteiger partial charge in [0.1, 0.15) is 4.88 Å². The lowest BCUT2D eigenvalue weighted by Crippen LogP contribution is -2.36. The average molecular weight is 516 g/mol. The second kappa shape index (κ2) is 12.8. The third kappa shape index (κ3) is 7.49. The molecule has 1 fully saturated rings. The van der Waals surface area contributed by atoms with Gasteiger partial charge in [0.2, 0.25) is 0 Å². The average Bonchev–Trinajstić information content (AvgIpc) is 3.43. The molecule has 0 spiro atoms. The van der Waals surface area contributed by atoms with Gasteiger partial charge in [-0.3, -0.25) is 4.79 Å². The van der Waals surface area contributed by atoms with E-state index >= 15 is 0 Å². The largest absolute Gasteiger partial charge is 0.465 e. The Bertz CT molecular complexity index is 1120. The number of likely N-dealkylation sites (tertiary alicyclic amines) is 1. The van der Waals surface area contributed by atoms with Gasteiger partial charge in [0, 0.05) is 30.7 Å². The first-order valence-electron chi connectivity index (χ1n) is 11.9. The minimum Gasteiger partial charge on any atom is -0.465 e. The van der Waals surface area contributed by atoms with Crippen molar-refractivity contribution in [1.29, 1.82) is 0 Å². The van der Waals surface area contributed by atoms with Gasteiger partial charge in [0.15, 0.2) is 0 Å². The van der Waals surface area contributed by atoms with Crippen LogP contribution in [0.2, 0.25) is 0 Å². The fourth-order valence-corrected chi connectivity index (χ4v) is 4.92. The van der Waals surface area contributed by atoms with Gasteiger partial charge in [0.05, 0.1) is 19.3 Å². The number of aliphatic hydroxyl groups excluding tert-OH is 1. The molecule has 1 aromatic heterocycles. The maximum absolute atomic E-state index is 14.2. The SMILES string of the molecule is COC(=O)c1ccc(CCCN2C(=O)C(F)(F)C[C@@H]2C=C[C@H](O)[C@@H](C)CC#CCc2ccccc2)s1. The van der Waals surface area contributed by atoms with Crippen LogP contribution in [0.5, 0.6) is 0 Å². The molecule has 5 nitrogen and oxygen atoms in total. The van der Waals surface area contributed by atoms with Crippen LogP contribution in [0.1, 0.15) is 46.3 Å². The molecule has 1 saturated heterocycles. The van der Waals surface area contributed by atoms with E-state index in [0.717, 1.165) is 10.4 Å². The molecule has 1 aromatic carbocycles. The summed E-state index contributed by atoms with van der Waals surface area (Å²) >= 11 is 1.29. The number of halogens is 2. The number of ether oxygens (including phenoxy) is 1. The van der Waals surface area contributed by atoms with Gasteiger partial charge < -0.3 is 14.7 Å². The molecule has 36 heavy (non-hydrogen) atoms. The minimum absolute atomic E-state index is 0.158. The number of carbonyl (C=O) groups excluding carboxylic acids is 2. The Morgan fingerprint density at radius 2 is 2.03 bits per heavy atom. The van der Waals surface area contributed by atoms with Crippen LogP contribution in [0.4, 0.5) is 8.78 Å². The van der Waals surface area contributed by atoms with E-state index in [0.29, 0.717) is 30.6 Å². The van der Waals surface area contributed by atoms with Crippen molar-refractivity contribution in [2.75, 3.05) is 13.7 Å². The van der Waals surface area contributed by atoms with Gasteiger partial charge in [-0.2, -0.15) is 8.78 Å². The molecule has 1 amide bonds. The highest BCUT2D eigenvalue weighted by atomic mass is 32.1. The molecule has 3 atom stereocenters. The van der Waals surface area contributed by atoms with Gasteiger partial charge in [0.25, 0.3) is 5.91 Å². The maximum Gasteiger partial charge on any atom is 0.348 e. The molecule has 0 unspecified atom stereocenters. The number of hydrogen-bond acceptors (Lipinski definition) is 5. The number of hydrogen-bond donors (Lipinski definition) is 1. The van der Waals surface area contributed by atoms with Crippen LogP contribution >= 0.6 is 11.3 Å².